The number of nitrogens with one attached hydrogen (secondary N) is 1. The van der Waals surface area contributed by atoms with Crippen LogP contribution in [-0.2, 0) is 9.53 Å². The summed E-state index contributed by atoms with van der Waals surface area (Å²) in [6.07, 6.45) is 3.21. The zero-order chi connectivity index (χ0) is 24.9. The van der Waals surface area contributed by atoms with E-state index < -0.39 is 17.9 Å². The van der Waals surface area contributed by atoms with Crippen molar-refractivity contribution in [3.05, 3.63) is 71.1 Å². The van der Waals surface area contributed by atoms with E-state index >= 15 is 0 Å². The first kappa shape index (κ1) is 24.6. The van der Waals surface area contributed by atoms with Gasteiger partial charge in [-0.2, -0.15) is 4.98 Å². The Balaban J connectivity index is 1.73. The van der Waals surface area contributed by atoms with Gasteiger partial charge < -0.3 is 25.2 Å². The number of benzene rings is 2. The zero-order valence-electron chi connectivity index (χ0n) is 18.9. The van der Waals surface area contributed by atoms with E-state index in [0.29, 0.717) is 36.8 Å². The molecule has 1 aliphatic heterocycles. The van der Waals surface area contributed by atoms with Crippen molar-refractivity contribution in [1.82, 2.24) is 9.97 Å². The molecule has 0 spiro atoms. The molecule has 2 heterocycles. The fraction of sp³-hybridized carbons (Fsp3) is 0.240. The minimum atomic E-state index is -1.03. The Morgan fingerprint density at radius 1 is 1.34 bits per heavy atom. The number of anilines is 3. The molecule has 0 radical (unpaired) electrons. The van der Waals surface area contributed by atoms with Crippen molar-refractivity contribution in [3.63, 3.8) is 0 Å². The molecule has 2 aromatic carbocycles. The molecular weight excluding hydrogens is 475 g/mol. The number of halogens is 2. The van der Waals surface area contributed by atoms with Crippen LogP contribution in [0, 0.1) is 5.82 Å². The number of carboxylic acid groups (broad SMARTS) is 1. The topological polar surface area (TPSA) is 108 Å². The van der Waals surface area contributed by atoms with Gasteiger partial charge in [-0.3, -0.25) is 0 Å². The van der Waals surface area contributed by atoms with Crippen molar-refractivity contribution in [2.75, 3.05) is 29.9 Å². The average Bonchev–Trinajstić information content (AvgIpc) is 2.85. The SMILES string of the molecule is CC(O)C1CN(c2nc(Nc3ccc(F)c(Cl)c3)ncc2-c2cccc(C=CC(=O)O)c2)CCO1. The molecule has 10 heteroatoms. The Morgan fingerprint density at radius 3 is 2.91 bits per heavy atom. The fourth-order valence-corrected chi connectivity index (χ4v) is 3.90. The van der Waals surface area contributed by atoms with Crippen LogP contribution in [0.1, 0.15) is 12.5 Å². The Kier molecular flexibility index (Phi) is 7.60. The highest BCUT2D eigenvalue weighted by molar-refractivity contribution is 6.31. The smallest absolute Gasteiger partial charge is 0.328 e. The van der Waals surface area contributed by atoms with Gasteiger partial charge in [0.1, 0.15) is 17.7 Å². The minimum absolute atomic E-state index is 0.0222. The van der Waals surface area contributed by atoms with Crippen molar-refractivity contribution >= 4 is 41.1 Å². The molecule has 182 valence electrons. The number of morpholine rings is 1. The van der Waals surface area contributed by atoms with Crippen LogP contribution >= 0.6 is 11.6 Å². The number of aliphatic hydroxyl groups is 1. The number of ether oxygens (including phenoxy) is 1. The lowest BCUT2D eigenvalue weighted by molar-refractivity contribution is -0.131. The Labute approximate surface area is 206 Å². The molecule has 0 amide bonds. The lowest BCUT2D eigenvalue weighted by atomic mass is 10.0. The lowest BCUT2D eigenvalue weighted by Crippen LogP contribution is -2.47. The Hall–Kier alpha value is -3.53. The van der Waals surface area contributed by atoms with Crippen molar-refractivity contribution < 1.29 is 24.1 Å². The number of hydrogen-bond donors (Lipinski definition) is 3. The standard InChI is InChI=1S/C25H24ClFN4O4/c1-15(32)22-14-31(9-10-35-22)24-19(17-4-2-3-16(11-17)5-8-23(33)34)13-28-25(30-24)29-18-6-7-21(27)20(26)12-18/h2-8,11-13,15,22,32H,9-10,14H2,1H3,(H,33,34)(H,28,29,30). The molecular formula is C25H24ClFN4O4. The second kappa shape index (κ2) is 10.8. The first-order valence-electron chi connectivity index (χ1n) is 11.0. The lowest BCUT2D eigenvalue weighted by Gasteiger charge is -2.36. The van der Waals surface area contributed by atoms with Gasteiger partial charge in [0.2, 0.25) is 5.95 Å². The zero-order valence-corrected chi connectivity index (χ0v) is 19.6. The highest BCUT2D eigenvalue weighted by atomic mass is 35.5. The van der Waals surface area contributed by atoms with Gasteiger partial charge in [-0.05, 0) is 48.4 Å². The van der Waals surface area contributed by atoms with Crippen LogP contribution < -0.4 is 10.2 Å². The summed E-state index contributed by atoms with van der Waals surface area (Å²) in [5.74, 6) is -0.658. The van der Waals surface area contributed by atoms with Crippen LogP contribution in [0.2, 0.25) is 5.02 Å². The molecule has 3 aromatic rings. The van der Waals surface area contributed by atoms with Crippen molar-refractivity contribution in [2.24, 2.45) is 0 Å². The van der Waals surface area contributed by atoms with Gasteiger partial charge in [0.15, 0.2) is 0 Å². The van der Waals surface area contributed by atoms with E-state index in [-0.39, 0.29) is 17.1 Å². The minimum Gasteiger partial charge on any atom is -0.478 e. The first-order valence-corrected chi connectivity index (χ1v) is 11.3. The van der Waals surface area contributed by atoms with Gasteiger partial charge in [-0.1, -0.05) is 29.8 Å². The van der Waals surface area contributed by atoms with Gasteiger partial charge in [-0.15, -0.1) is 0 Å². The third-order valence-electron chi connectivity index (χ3n) is 5.49. The third kappa shape index (κ3) is 6.13. The van der Waals surface area contributed by atoms with Gasteiger partial charge in [0.05, 0.1) is 17.7 Å². The molecule has 1 saturated heterocycles. The summed E-state index contributed by atoms with van der Waals surface area (Å²) < 4.78 is 19.2. The number of aliphatic carboxylic acids is 1. The average molecular weight is 499 g/mol. The van der Waals surface area contributed by atoms with Crippen molar-refractivity contribution in [3.8, 4) is 11.1 Å². The van der Waals surface area contributed by atoms with Crippen LogP contribution in [0.15, 0.2) is 54.7 Å². The summed E-state index contributed by atoms with van der Waals surface area (Å²) in [4.78, 5) is 22.1. The summed E-state index contributed by atoms with van der Waals surface area (Å²) in [5, 5.41) is 22.0. The van der Waals surface area contributed by atoms with Crippen LogP contribution in [0.25, 0.3) is 17.2 Å². The summed E-state index contributed by atoms with van der Waals surface area (Å²) in [6.45, 7) is 3.06. The summed E-state index contributed by atoms with van der Waals surface area (Å²) in [6, 6.07) is 11.6. The number of hydrogen-bond acceptors (Lipinski definition) is 7. The van der Waals surface area contributed by atoms with E-state index in [0.717, 1.165) is 17.2 Å². The van der Waals surface area contributed by atoms with Crippen LogP contribution in [0.3, 0.4) is 0 Å². The van der Waals surface area contributed by atoms with Crippen molar-refractivity contribution in [2.45, 2.75) is 19.1 Å². The first-order chi connectivity index (χ1) is 16.8. The summed E-state index contributed by atoms with van der Waals surface area (Å²) in [5.41, 5.74) is 2.76. The molecule has 3 N–H and O–H groups in total. The van der Waals surface area contributed by atoms with Gasteiger partial charge >= 0.3 is 5.97 Å². The van der Waals surface area contributed by atoms with Crippen LogP contribution in [0.5, 0.6) is 0 Å². The number of aliphatic hydroxyl groups excluding tert-OH is 1. The van der Waals surface area contributed by atoms with Gasteiger partial charge in [-0.25, -0.2) is 14.2 Å². The number of carbonyl (C=O) groups is 1. The third-order valence-corrected chi connectivity index (χ3v) is 5.78. The van der Waals surface area contributed by atoms with E-state index in [1.54, 1.807) is 19.2 Å². The fourth-order valence-electron chi connectivity index (χ4n) is 3.72. The Bertz CT molecular complexity index is 1250. The second-order valence-corrected chi connectivity index (χ2v) is 8.48. The van der Waals surface area contributed by atoms with Crippen molar-refractivity contribution in [1.29, 1.82) is 0 Å². The maximum absolute atomic E-state index is 13.6. The molecule has 35 heavy (non-hydrogen) atoms. The van der Waals surface area contributed by atoms with Gasteiger partial charge in [0.25, 0.3) is 0 Å². The number of aromatic nitrogens is 2. The molecule has 2 atom stereocenters. The predicted octanol–water partition coefficient (Wildman–Crippen LogP) is 4.36. The second-order valence-electron chi connectivity index (χ2n) is 8.08. The number of rotatable bonds is 7. The predicted molar refractivity (Wildman–Crippen MR) is 132 cm³/mol. The molecule has 0 bridgehead atoms. The van der Waals surface area contributed by atoms with Crippen LogP contribution in [0.4, 0.5) is 21.8 Å². The van der Waals surface area contributed by atoms with E-state index in [9.17, 15) is 14.3 Å². The summed E-state index contributed by atoms with van der Waals surface area (Å²) >= 11 is 5.90. The van der Waals surface area contributed by atoms with E-state index in [4.69, 9.17) is 26.4 Å². The molecule has 8 nitrogen and oxygen atoms in total. The maximum Gasteiger partial charge on any atom is 0.328 e. The molecule has 2 unspecified atom stereocenters. The molecule has 1 fully saturated rings. The normalized spacial score (nSPS) is 16.9. The molecule has 0 aliphatic carbocycles. The molecule has 0 saturated carbocycles. The monoisotopic (exact) mass is 498 g/mol. The summed E-state index contributed by atoms with van der Waals surface area (Å²) in [7, 11) is 0. The molecule has 1 aliphatic rings. The highest BCUT2D eigenvalue weighted by Crippen LogP contribution is 2.32. The van der Waals surface area contributed by atoms with E-state index in [1.165, 1.54) is 24.3 Å². The van der Waals surface area contributed by atoms with E-state index in [1.807, 2.05) is 23.1 Å². The maximum atomic E-state index is 13.6. The number of nitrogens with zero attached hydrogens (tertiary/aromatic N) is 3. The quantitative estimate of drug-likeness (QED) is 0.412. The van der Waals surface area contributed by atoms with Crippen LogP contribution in [-0.4, -0.2) is 58.1 Å². The highest BCUT2D eigenvalue weighted by Gasteiger charge is 2.27. The molecule has 4 rings (SSSR count). The Morgan fingerprint density at radius 2 is 2.17 bits per heavy atom. The largest absolute Gasteiger partial charge is 0.478 e. The molecule has 1 aromatic heterocycles. The van der Waals surface area contributed by atoms with E-state index in [2.05, 4.69) is 10.3 Å². The number of carboxylic acids is 1. The van der Waals surface area contributed by atoms with Gasteiger partial charge in [0, 0.05) is 36.6 Å².